The number of hydrogen-bond donors (Lipinski definition) is 1. The highest BCUT2D eigenvalue weighted by molar-refractivity contribution is 5.92. The number of aliphatic hydroxyl groups is 1. The Balaban J connectivity index is 1.29. The second-order valence-electron chi connectivity index (χ2n) is 14.1. The van der Waals surface area contributed by atoms with Gasteiger partial charge in [-0.2, -0.15) is 0 Å². The Hall–Kier alpha value is -4.51. The SMILES string of the molecule is COc1ccccc1C(=O)OC1CC2C(C)C(OC(OC)c3ccccc3)CCC2(C)C2C(O)c3c(cc(-c4cccnc4)oc3=O)OC12C. The number of carbonyl (C=O) groups is 1. The number of esters is 1. The molecule has 1 N–H and O–H groups in total. The number of para-hydroxylation sites is 1. The molecule has 0 amide bonds. The number of carbonyl (C=O) groups excluding carboxylic acids is 1. The van der Waals surface area contributed by atoms with Gasteiger partial charge in [0.05, 0.1) is 19.3 Å². The van der Waals surface area contributed by atoms with Crippen molar-refractivity contribution >= 4 is 5.97 Å². The summed E-state index contributed by atoms with van der Waals surface area (Å²) in [5, 5.41) is 12.3. The van der Waals surface area contributed by atoms with Crippen LogP contribution in [0.25, 0.3) is 11.3 Å². The van der Waals surface area contributed by atoms with Gasteiger partial charge in [0.15, 0.2) is 6.29 Å². The first-order chi connectivity index (χ1) is 24.1. The number of aromatic nitrogens is 1. The molecule has 10 heteroatoms. The first-order valence-electron chi connectivity index (χ1n) is 17.1. The zero-order chi connectivity index (χ0) is 35.2. The molecule has 2 aromatic carbocycles. The Kier molecular flexibility index (Phi) is 9.05. The summed E-state index contributed by atoms with van der Waals surface area (Å²) in [6.07, 6.45) is 2.19. The summed E-state index contributed by atoms with van der Waals surface area (Å²) in [5.74, 6) is -0.490. The molecular weight excluding hydrogens is 638 g/mol. The van der Waals surface area contributed by atoms with E-state index in [4.69, 9.17) is 28.1 Å². The molecule has 50 heavy (non-hydrogen) atoms. The summed E-state index contributed by atoms with van der Waals surface area (Å²) < 4.78 is 37.0. The lowest BCUT2D eigenvalue weighted by molar-refractivity contribution is -0.258. The Morgan fingerprint density at radius 1 is 1.04 bits per heavy atom. The van der Waals surface area contributed by atoms with Crippen LogP contribution in [0.1, 0.15) is 73.9 Å². The number of ether oxygens (including phenoxy) is 5. The van der Waals surface area contributed by atoms with Gasteiger partial charge >= 0.3 is 11.6 Å². The minimum absolute atomic E-state index is 0.0370. The molecule has 2 saturated carbocycles. The van der Waals surface area contributed by atoms with Gasteiger partial charge in [0, 0.05) is 42.6 Å². The number of benzene rings is 2. The molecule has 0 spiro atoms. The second kappa shape index (κ2) is 13.3. The maximum atomic E-state index is 13.9. The quantitative estimate of drug-likeness (QED) is 0.155. The van der Waals surface area contributed by atoms with Crippen molar-refractivity contribution in [2.75, 3.05) is 14.2 Å². The first-order valence-corrected chi connectivity index (χ1v) is 17.1. The molecule has 0 saturated heterocycles. The molecule has 2 aliphatic carbocycles. The molecule has 9 atom stereocenters. The minimum atomic E-state index is -1.26. The smallest absolute Gasteiger partial charge is 0.345 e. The average Bonchev–Trinajstić information content (AvgIpc) is 3.12. The van der Waals surface area contributed by atoms with Crippen LogP contribution in [0.2, 0.25) is 0 Å². The lowest BCUT2D eigenvalue weighted by Crippen LogP contribution is -2.69. The van der Waals surface area contributed by atoms with Gasteiger partial charge in [-0.25, -0.2) is 9.59 Å². The summed E-state index contributed by atoms with van der Waals surface area (Å²) in [5.41, 5.74) is -0.593. The van der Waals surface area contributed by atoms with Crippen LogP contribution in [-0.2, 0) is 14.2 Å². The van der Waals surface area contributed by atoms with Crippen molar-refractivity contribution in [2.24, 2.45) is 23.2 Å². The van der Waals surface area contributed by atoms with Crippen molar-refractivity contribution < 1.29 is 38.0 Å². The van der Waals surface area contributed by atoms with Crippen LogP contribution < -0.4 is 15.1 Å². The van der Waals surface area contributed by atoms with Crippen molar-refractivity contribution in [3.8, 4) is 22.8 Å². The van der Waals surface area contributed by atoms with Gasteiger partial charge in [-0.3, -0.25) is 4.98 Å². The number of hydrogen-bond acceptors (Lipinski definition) is 10. The van der Waals surface area contributed by atoms with Crippen LogP contribution in [0, 0.1) is 23.2 Å². The molecule has 262 valence electrons. The Morgan fingerprint density at radius 2 is 1.80 bits per heavy atom. The van der Waals surface area contributed by atoms with E-state index in [-0.39, 0.29) is 40.6 Å². The monoisotopic (exact) mass is 681 g/mol. The maximum absolute atomic E-state index is 13.9. The molecule has 3 heterocycles. The van der Waals surface area contributed by atoms with Crippen molar-refractivity contribution in [3.05, 3.63) is 112 Å². The van der Waals surface area contributed by atoms with E-state index in [1.54, 1.807) is 62.0 Å². The predicted molar refractivity (Wildman–Crippen MR) is 184 cm³/mol. The van der Waals surface area contributed by atoms with Gasteiger partial charge in [-0.1, -0.05) is 56.3 Å². The molecule has 3 aliphatic rings. The second-order valence-corrected chi connectivity index (χ2v) is 14.1. The highest BCUT2D eigenvalue weighted by atomic mass is 16.7. The van der Waals surface area contributed by atoms with Crippen molar-refractivity contribution in [3.63, 3.8) is 0 Å². The molecule has 1 aliphatic heterocycles. The Bertz CT molecular complexity index is 1900. The summed E-state index contributed by atoms with van der Waals surface area (Å²) in [6, 6.07) is 21.9. The molecule has 10 nitrogen and oxygen atoms in total. The zero-order valence-corrected chi connectivity index (χ0v) is 28.9. The fourth-order valence-electron chi connectivity index (χ4n) is 9.04. The van der Waals surface area contributed by atoms with Crippen LogP contribution in [0.4, 0.5) is 0 Å². The maximum Gasteiger partial charge on any atom is 0.345 e. The Labute approximate surface area is 291 Å². The van der Waals surface area contributed by atoms with E-state index in [2.05, 4.69) is 18.8 Å². The van der Waals surface area contributed by atoms with Gasteiger partial charge in [0.25, 0.3) is 0 Å². The third kappa shape index (κ3) is 5.69. The van der Waals surface area contributed by atoms with E-state index >= 15 is 0 Å². The van der Waals surface area contributed by atoms with Crippen molar-refractivity contribution in [1.29, 1.82) is 0 Å². The molecule has 2 aromatic heterocycles. The third-order valence-electron chi connectivity index (χ3n) is 11.5. The summed E-state index contributed by atoms with van der Waals surface area (Å²) in [4.78, 5) is 31.7. The molecule has 0 bridgehead atoms. The number of fused-ring (bicyclic) bond motifs is 4. The molecule has 7 rings (SSSR count). The van der Waals surface area contributed by atoms with Crippen LogP contribution in [0.15, 0.2) is 94.4 Å². The average molecular weight is 682 g/mol. The van der Waals surface area contributed by atoms with Gasteiger partial charge in [-0.15, -0.1) is 0 Å². The molecule has 0 radical (unpaired) electrons. The molecule has 4 aromatic rings. The molecular formula is C40H43NO9. The van der Waals surface area contributed by atoms with E-state index in [1.165, 1.54) is 7.11 Å². The largest absolute Gasteiger partial charge is 0.496 e. The van der Waals surface area contributed by atoms with Gasteiger partial charge in [-0.05, 0) is 67.7 Å². The highest BCUT2D eigenvalue weighted by Gasteiger charge is 2.68. The lowest BCUT2D eigenvalue weighted by Gasteiger charge is -2.64. The normalized spacial score (nSPS) is 30.5. The fourth-order valence-corrected chi connectivity index (χ4v) is 9.04. The first kappa shape index (κ1) is 34.0. The number of aliphatic hydroxyl groups excluding tert-OH is 1. The number of methoxy groups -OCH3 is 2. The lowest BCUT2D eigenvalue weighted by atomic mass is 9.46. The van der Waals surface area contributed by atoms with Crippen molar-refractivity contribution in [1.82, 2.24) is 4.98 Å². The fraction of sp³-hybridized carbons (Fsp3) is 0.425. The summed E-state index contributed by atoms with van der Waals surface area (Å²) in [7, 11) is 3.14. The van der Waals surface area contributed by atoms with E-state index in [9.17, 15) is 14.7 Å². The number of nitrogens with zero attached hydrogens (tertiary/aromatic N) is 1. The predicted octanol–water partition coefficient (Wildman–Crippen LogP) is 6.92. The van der Waals surface area contributed by atoms with Gasteiger partial charge in [0.1, 0.15) is 40.1 Å². The van der Waals surface area contributed by atoms with E-state index < -0.39 is 47.0 Å². The summed E-state index contributed by atoms with van der Waals surface area (Å²) in [6.45, 7) is 6.18. The van der Waals surface area contributed by atoms with Crippen LogP contribution in [0.3, 0.4) is 0 Å². The van der Waals surface area contributed by atoms with Crippen LogP contribution >= 0.6 is 0 Å². The van der Waals surface area contributed by atoms with Gasteiger partial charge in [0.2, 0.25) is 0 Å². The van der Waals surface area contributed by atoms with E-state index in [0.29, 0.717) is 30.6 Å². The number of pyridine rings is 1. The molecule has 2 fully saturated rings. The summed E-state index contributed by atoms with van der Waals surface area (Å²) >= 11 is 0. The van der Waals surface area contributed by atoms with Crippen LogP contribution in [-0.4, -0.2) is 48.1 Å². The topological polar surface area (TPSA) is 127 Å². The van der Waals surface area contributed by atoms with E-state index in [0.717, 1.165) is 5.56 Å². The van der Waals surface area contributed by atoms with Crippen LogP contribution in [0.5, 0.6) is 11.5 Å². The Morgan fingerprint density at radius 3 is 2.52 bits per heavy atom. The standard InChI is InChI=1S/C40H43NO9/c1-23-27-20-32(49-36(43)26-15-9-10-16-29(26)45-4)40(3)35(39(27,2)18-17-28(23)48-38(46-5)24-12-7-6-8-13-24)34(42)33-31(50-40)21-30(47-37(33)44)25-14-11-19-41-22-25/h6-16,19,21-23,27-28,32,34-35,38,42H,17-18,20H2,1-5H3. The number of rotatable bonds is 8. The molecule has 9 unspecified atom stereocenters. The van der Waals surface area contributed by atoms with Gasteiger partial charge < -0.3 is 33.2 Å². The highest BCUT2D eigenvalue weighted by Crippen LogP contribution is 2.65. The van der Waals surface area contributed by atoms with E-state index in [1.807, 2.05) is 37.3 Å². The third-order valence-corrected chi connectivity index (χ3v) is 11.5. The minimum Gasteiger partial charge on any atom is -0.496 e. The van der Waals surface area contributed by atoms with Crippen molar-refractivity contribution in [2.45, 2.75) is 70.2 Å². The zero-order valence-electron chi connectivity index (χ0n) is 28.9.